The molecule has 0 radical (unpaired) electrons. The van der Waals surface area contributed by atoms with Gasteiger partial charge in [-0.2, -0.15) is 4.98 Å². The molecule has 0 unspecified atom stereocenters. The van der Waals surface area contributed by atoms with E-state index in [2.05, 4.69) is 22.0 Å². The lowest BCUT2D eigenvalue weighted by atomic mass is 10.1. The van der Waals surface area contributed by atoms with Gasteiger partial charge in [-0.1, -0.05) is 30.6 Å². The SMILES string of the molecule is C.CC#Cc1cccc(-c2noc(C)n2)c1. The van der Waals surface area contributed by atoms with Crippen LogP contribution < -0.4 is 0 Å². The van der Waals surface area contributed by atoms with Crippen LogP contribution in [-0.2, 0) is 0 Å². The third-order valence-corrected chi connectivity index (χ3v) is 1.92. The average molecular weight is 214 g/mol. The van der Waals surface area contributed by atoms with Crippen molar-refractivity contribution in [1.82, 2.24) is 10.1 Å². The number of aryl methyl sites for hydroxylation is 1. The first-order chi connectivity index (χ1) is 7.29. The second kappa shape index (κ2) is 5.13. The Labute approximate surface area is 95.5 Å². The Hall–Kier alpha value is -2.08. The van der Waals surface area contributed by atoms with Gasteiger partial charge in [0, 0.05) is 18.1 Å². The Morgan fingerprint density at radius 1 is 1.31 bits per heavy atom. The molecule has 1 heterocycles. The zero-order valence-corrected chi connectivity index (χ0v) is 8.61. The minimum absolute atomic E-state index is 0. The van der Waals surface area contributed by atoms with Gasteiger partial charge in [-0.25, -0.2) is 0 Å². The van der Waals surface area contributed by atoms with Gasteiger partial charge in [0.1, 0.15) is 0 Å². The zero-order chi connectivity index (χ0) is 10.7. The molecule has 16 heavy (non-hydrogen) atoms. The fourth-order valence-corrected chi connectivity index (χ4v) is 1.30. The summed E-state index contributed by atoms with van der Waals surface area (Å²) in [5.74, 6) is 7.01. The standard InChI is InChI=1S/C12H10N2O.CH4/c1-3-5-10-6-4-7-11(8-10)12-13-9(2)15-14-12;/h4,6-8H,1-2H3;1H4. The highest BCUT2D eigenvalue weighted by Crippen LogP contribution is 2.16. The van der Waals surface area contributed by atoms with Gasteiger partial charge in [-0.3, -0.25) is 0 Å². The smallest absolute Gasteiger partial charge is 0.223 e. The minimum atomic E-state index is 0. The number of rotatable bonds is 1. The van der Waals surface area contributed by atoms with Crippen molar-refractivity contribution < 1.29 is 4.52 Å². The molecule has 1 aromatic heterocycles. The maximum atomic E-state index is 4.92. The number of aromatic nitrogens is 2. The molecule has 0 aliphatic heterocycles. The molecule has 2 rings (SSSR count). The third kappa shape index (κ3) is 2.48. The van der Waals surface area contributed by atoms with Crippen molar-refractivity contribution in [3.05, 3.63) is 35.7 Å². The quantitative estimate of drug-likeness (QED) is 0.685. The zero-order valence-electron chi connectivity index (χ0n) is 8.61. The van der Waals surface area contributed by atoms with E-state index in [1.807, 2.05) is 31.2 Å². The monoisotopic (exact) mass is 214 g/mol. The number of hydrogen-bond acceptors (Lipinski definition) is 3. The summed E-state index contributed by atoms with van der Waals surface area (Å²) >= 11 is 0. The summed E-state index contributed by atoms with van der Waals surface area (Å²) in [4.78, 5) is 4.16. The van der Waals surface area contributed by atoms with E-state index in [1.54, 1.807) is 6.92 Å². The van der Waals surface area contributed by atoms with Crippen molar-refractivity contribution in [2.75, 3.05) is 0 Å². The molecule has 0 spiro atoms. The molecule has 82 valence electrons. The van der Waals surface area contributed by atoms with Crippen molar-refractivity contribution in [3.63, 3.8) is 0 Å². The largest absolute Gasteiger partial charge is 0.339 e. The van der Waals surface area contributed by atoms with Crippen LogP contribution in [0.2, 0.25) is 0 Å². The molecular weight excluding hydrogens is 200 g/mol. The highest BCUT2D eigenvalue weighted by Gasteiger charge is 2.04. The van der Waals surface area contributed by atoms with Crippen molar-refractivity contribution in [2.45, 2.75) is 21.3 Å². The van der Waals surface area contributed by atoms with E-state index in [1.165, 1.54) is 0 Å². The van der Waals surface area contributed by atoms with Crippen molar-refractivity contribution in [3.8, 4) is 23.2 Å². The van der Waals surface area contributed by atoms with E-state index in [0.29, 0.717) is 11.7 Å². The van der Waals surface area contributed by atoms with Gasteiger partial charge in [-0.15, -0.1) is 5.92 Å². The summed E-state index contributed by atoms with van der Waals surface area (Å²) in [5, 5.41) is 3.85. The molecule has 0 saturated heterocycles. The molecule has 0 amide bonds. The Morgan fingerprint density at radius 3 is 2.75 bits per heavy atom. The van der Waals surface area contributed by atoms with Crippen molar-refractivity contribution in [1.29, 1.82) is 0 Å². The summed E-state index contributed by atoms with van der Waals surface area (Å²) < 4.78 is 4.92. The van der Waals surface area contributed by atoms with Crippen molar-refractivity contribution in [2.24, 2.45) is 0 Å². The topological polar surface area (TPSA) is 38.9 Å². The van der Waals surface area contributed by atoms with Gasteiger partial charge in [0.05, 0.1) is 0 Å². The van der Waals surface area contributed by atoms with Gasteiger partial charge in [0.15, 0.2) is 0 Å². The molecule has 3 nitrogen and oxygen atoms in total. The molecular formula is C13H14N2O. The van der Waals surface area contributed by atoms with Crippen LogP contribution in [-0.4, -0.2) is 10.1 Å². The lowest BCUT2D eigenvalue weighted by Gasteiger charge is -1.94. The summed E-state index contributed by atoms with van der Waals surface area (Å²) in [6, 6.07) is 7.76. The minimum Gasteiger partial charge on any atom is -0.339 e. The summed E-state index contributed by atoms with van der Waals surface area (Å²) in [6.45, 7) is 3.58. The van der Waals surface area contributed by atoms with E-state index in [0.717, 1.165) is 11.1 Å². The molecule has 3 heteroatoms. The molecule has 0 aliphatic carbocycles. The summed E-state index contributed by atoms with van der Waals surface area (Å²) in [5.41, 5.74) is 1.88. The second-order valence-corrected chi connectivity index (χ2v) is 3.09. The molecule has 0 atom stereocenters. The fraction of sp³-hybridized carbons (Fsp3) is 0.231. The molecule has 0 fully saturated rings. The number of nitrogens with zero attached hydrogens (tertiary/aromatic N) is 2. The van der Waals surface area contributed by atoms with E-state index in [9.17, 15) is 0 Å². The van der Waals surface area contributed by atoms with E-state index < -0.39 is 0 Å². The Kier molecular flexibility index (Phi) is 3.84. The van der Waals surface area contributed by atoms with Crippen LogP contribution in [0, 0.1) is 18.8 Å². The summed E-state index contributed by atoms with van der Waals surface area (Å²) in [7, 11) is 0. The van der Waals surface area contributed by atoms with Gasteiger partial charge < -0.3 is 4.52 Å². The predicted octanol–water partition coefficient (Wildman–Crippen LogP) is 3.05. The van der Waals surface area contributed by atoms with Crippen LogP contribution >= 0.6 is 0 Å². The maximum Gasteiger partial charge on any atom is 0.223 e. The van der Waals surface area contributed by atoms with Gasteiger partial charge in [0.25, 0.3) is 0 Å². The van der Waals surface area contributed by atoms with Crippen LogP contribution in [0.15, 0.2) is 28.8 Å². The van der Waals surface area contributed by atoms with Crippen LogP contribution in [0.25, 0.3) is 11.4 Å². The first-order valence-electron chi connectivity index (χ1n) is 4.63. The van der Waals surface area contributed by atoms with Gasteiger partial charge in [0.2, 0.25) is 11.7 Å². The summed E-state index contributed by atoms with van der Waals surface area (Å²) in [6.07, 6.45) is 0. The second-order valence-electron chi connectivity index (χ2n) is 3.09. The highest BCUT2D eigenvalue weighted by atomic mass is 16.5. The van der Waals surface area contributed by atoms with Crippen LogP contribution in [0.5, 0.6) is 0 Å². The predicted molar refractivity (Wildman–Crippen MR) is 63.8 cm³/mol. The van der Waals surface area contributed by atoms with Gasteiger partial charge in [-0.05, 0) is 19.1 Å². The lowest BCUT2D eigenvalue weighted by Crippen LogP contribution is -1.82. The first kappa shape index (κ1) is 12.0. The Balaban J connectivity index is 0.00000128. The van der Waals surface area contributed by atoms with E-state index in [-0.39, 0.29) is 7.43 Å². The molecule has 0 N–H and O–H groups in total. The van der Waals surface area contributed by atoms with Crippen LogP contribution in [0.3, 0.4) is 0 Å². The van der Waals surface area contributed by atoms with Gasteiger partial charge >= 0.3 is 0 Å². The third-order valence-electron chi connectivity index (χ3n) is 1.92. The van der Waals surface area contributed by atoms with Crippen molar-refractivity contribution >= 4 is 0 Å². The average Bonchev–Trinajstić information content (AvgIpc) is 2.66. The first-order valence-corrected chi connectivity index (χ1v) is 4.63. The molecule has 0 saturated carbocycles. The number of hydrogen-bond donors (Lipinski definition) is 0. The lowest BCUT2D eigenvalue weighted by molar-refractivity contribution is 0.394. The Bertz CT molecular complexity index is 532. The van der Waals surface area contributed by atoms with E-state index >= 15 is 0 Å². The van der Waals surface area contributed by atoms with Crippen LogP contribution in [0.1, 0.15) is 25.8 Å². The highest BCUT2D eigenvalue weighted by molar-refractivity contribution is 5.57. The molecule has 2 aromatic rings. The molecule has 0 bridgehead atoms. The number of benzene rings is 1. The maximum absolute atomic E-state index is 4.92. The molecule has 1 aromatic carbocycles. The molecule has 0 aliphatic rings. The normalized spacial score (nSPS) is 8.88. The van der Waals surface area contributed by atoms with E-state index in [4.69, 9.17) is 4.52 Å². The Morgan fingerprint density at radius 2 is 2.12 bits per heavy atom. The van der Waals surface area contributed by atoms with Crippen LogP contribution in [0.4, 0.5) is 0 Å². The fourth-order valence-electron chi connectivity index (χ4n) is 1.30.